The molecule has 1 aromatic rings. The van der Waals surface area contributed by atoms with E-state index >= 15 is 0 Å². The van der Waals surface area contributed by atoms with Gasteiger partial charge in [0.25, 0.3) is 0 Å². The maximum atomic E-state index is 12.6. The molecule has 23 heavy (non-hydrogen) atoms. The second-order valence-electron chi connectivity index (χ2n) is 6.71. The summed E-state index contributed by atoms with van der Waals surface area (Å²) in [6, 6.07) is 5.38. The summed E-state index contributed by atoms with van der Waals surface area (Å²) >= 11 is 12.2. The first-order valence-electron chi connectivity index (χ1n) is 7.93. The van der Waals surface area contributed by atoms with Crippen LogP contribution >= 0.6 is 23.2 Å². The minimum atomic E-state index is -0.152. The van der Waals surface area contributed by atoms with Crippen molar-refractivity contribution < 1.29 is 9.59 Å². The Morgan fingerprint density at radius 1 is 1.30 bits per heavy atom. The van der Waals surface area contributed by atoms with Crippen LogP contribution in [-0.2, 0) is 16.0 Å². The molecule has 2 rings (SSSR count). The summed E-state index contributed by atoms with van der Waals surface area (Å²) in [6.45, 7) is 5.78. The molecule has 0 aliphatic heterocycles. The van der Waals surface area contributed by atoms with Gasteiger partial charge in [-0.1, -0.05) is 42.3 Å². The number of halogens is 2. The number of hydrogen-bond donors (Lipinski definition) is 0. The van der Waals surface area contributed by atoms with Gasteiger partial charge in [0.05, 0.1) is 0 Å². The van der Waals surface area contributed by atoms with Crippen LogP contribution in [0.25, 0.3) is 0 Å². The quantitative estimate of drug-likeness (QED) is 0.513. The molecule has 0 N–H and O–H groups in total. The van der Waals surface area contributed by atoms with Gasteiger partial charge in [0, 0.05) is 28.3 Å². The van der Waals surface area contributed by atoms with Crippen LogP contribution in [0, 0.1) is 17.3 Å². The number of ketones is 1. The average Bonchev–Trinajstić information content (AvgIpc) is 2.47. The third kappa shape index (κ3) is 4.24. The SMILES string of the molecule is C=CCC1(CC=O)CC(C)C(=O)C(Cc2ccc(Cl)cc2Cl)C1. The number of aldehydes is 1. The van der Waals surface area contributed by atoms with Crippen molar-refractivity contribution >= 4 is 35.3 Å². The van der Waals surface area contributed by atoms with Crippen molar-refractivity contribution in [2.45, 2.75) is 39.0 Å². The van der Waals surface area contributed by atoms with E-state index in [-0.39, 0.29) is 23.0 Å². The van der Waals surface area contributed by atoms with Crippen molar-refractivity contribution in [1.29, 1.82) is 0 Å². The Hall–Kier alpha value is -1.12. The molecular formula is C19H22Cl2O2. The van der Waals surface area contributed by atoms with Crippen LogP contribution in [0.5, 0.6) is 0 Å². The van der Waals surface area contributed by atoms with Gasteiger partial charge in [-0.2, -0.15) is 0 Å². The second kappa shape index (κ2) is 7.63. The van der Waals surface area contributed by atoms with E-state index in [2.05, 4.69) is 6.58 Å². The van der Waals surface area contributed by atoms with E-state index in [0.29, 0.717) is 29.3 Å². The van der Waals surface area contributed by atoms with E-state index in [9.17, 15) is 9.59 Å². The van der Waals surface area contributed by atoms with E-state index in [1.807, 2.05) is 19.1 Å². The van der Waals surface area contributed by atoms with Crippen LogP contribution in [-0.4, -0.2) is 12.1 Å². The fourth-order valence-corrected chi connectivity index (χ4v) is 4.37. The summed E-state index contributed by atoms with van der Waals surface area (Å²) in [5.41, 5.74) is 0.780. The average molecular weight is 353 g/mol. The van der Waals surface area contributed by atoms with Gasteiger partial charge in [-0.25, -0.2) is 0 Å². The lowest BCUT2D eigenvalue weighted by Crippen LogP contribution is -2.40. The summed E-state index contributed by atoms with van der Waals surface area (Å²) in [5.74, 6) is 0.110. The van der Waals surface area contributed by atoms with Crippen molar-refractivity contribution in [3.8, 4) is 0 Å². The predicted octanol–water partition coefficient (Wildman–Crippen LogP) is 5.30. The number of carbonyl (C=O) groups is 2. The molecule has 0 saturated heterocycles. The summed E-state index contributed by atoms with van der Waals surface area (Å²) < 4.78 is 0. The lowest BCUT2D eigenvalue weighted by Gasteiger charge is -2.42. The molecular weight excluding hydrogens is 331 g/mol. The molecule has 0 spiro atoms. The van der Waals surface area contributed by atoms with E-state index in [1.54, 1.807) is 12.1 Å². The molecule has 3 atom stereocenters. The third-order valence-corrected chi connectivity index (χ3v) is 5.47. The number of hydrogen-bond acceptors (Lipinski definition) is 2. The van der Waals surface area contributed by atoms with E-state index < -0.39 is 0 Å². The summed E-state index contributed by atoms with van der Waals surface area (Å²) in [4.78, 5) is 23.8. The largest absolute Gasteiger partial charge is 0.303 e. The van der Waals surface area contributed by atoms with Gasteiger partial charge in [0.1, 0.15) is 12.1 Å². The summed E-state index contributed by atoms with van der Waals surface area (Å²) in [7, 11) is 0. The highest BCUT2D eigenvalue weighted by molar-refractivity contribution is 6.35. The standard InChI is InChI=1S/C19H22Cl2O2/c1-3-6-19(7-8-22)11-13(2)18(23)15(12-19)9-14-4-5-16(20)10-17(14)21/h3-5,8,10,13,15H,1,6-7,9,11-12H2,2H3. The monoisotopic (exact) mass is 352 g/mol. The molecule has 1 aliphatic carbocycles. The molecule has 0 aromatic heterocycles. The zero-order valence-electron chi connectivity index (χ0n) is 13.4. The Balaban J connectivity index is 2.26. The van der Waals surface area contributed by atoms with Crippen LogP contribution in [0.4, 0.5) is 0 Å². The molecule has 1 aliphatic rings. The van der Waals surface area contributed by atoms with Gasteiger partial charge in [-0.05, 0) is 48.8 Å². The number of benzene rings is 1. The van der Waals surface area contributed by atoms with Gasteiger partial charge in [-0.3, -0.25) is 4.79 Å². The molecule has 1 aromatic carbocycles. The topological polar surface area (TPSA) is 34.1 Å². The minimum absolute atomic E-state index is 0.0419. The Morgan fingerprint density at radius 2 is 2.04 bits per heavy atom. The first-order valence-corrected chi connectivity index (χ1v) is 8.68. The molecule has 0 bridgehead atoms. The van der Waals surface area contributed by atoms with Gasteiger partial charge < -0.3 is 4.79 Å². The van der Waals surface area contributed by atoms with Gasteiger partial charge in [0.2, 0.25) is 0 Å². The molecule has 0 heterocycles. The number of Topliss-reactive ketones (excluding diaryl/α,β-unsaturated/α-hetero) is 1. The molecule has 1 fully saturated rings. The van der Waals surface area contributed by atoms with Gasteiger partial charge in [0.15, 0.2) is 0 Å². The highest BCUT2D eigenvalue weighted by Crippen LogP contribution is 2.46. The molecule has 3 unspecified atom stereocenters. The van der Waals surface area contributed by atoms with Gasteiger partial charge in [-0.15, -0.1) is 6.58 Å². The third-order valence-electron chi connectivity index (χ3n) is 4.88. The zero-order valence-corrected chi connectivity index (χ0v) is 14.9. The summed E-state index contributed by atoms with van der Waals surface area (Å²) in [5, 5.41) is 1.18. The van der Waals surface area contributed by atoms with E-state index in [0.717, 1.165) is 24.7 Å². The van der Waals surface area contributed by atoms with Crippen LogP contribution in [0.15, 0.2) is 30.9 Å². The second-order valence-corrected chi connectivity index (χ2v) is 7.56. The highest BCUT2D eigenvalue weighted by Gasteiger charge is 2.42. The molecule has 4 heteroatoms. The Bertz CT molecular complexity index is 599. The van der Waals surface area contributed by atoms with Crippen molar-refractivity contribution in [2.24, 2.45) is 17.3 Å². The molecule has 2 nitrogen and oxygen atoms in total. The Labute approximate surface area is 147 Å². The molecule has 0 radical (unpaired) electrons. The maximum absolute atomic E-state index is 12.6. The smallest absolute Gasteiger partial charge is 0.139 e. The lowest BCUT2D eigenvalue weighted by molar-refractivity contribution is -0.133. The number of rotatable bonds is 6. The van der Waals surface area contributed by atoms with Crippen molar-refractivity contribution in [1.82, 2.24) is 0 Å². The van der Waals surface area contributed by atoms with Gasteiger partial charge >= 0.3 is 0 Å². The van der Waals surface area contributed by atoms with E-state index in [1.165, 1.54) is 0 Å². The fraction of sp³-hybridized carbons (Fsp3) is 0.474. The number of carbonyl (C=O) groups excluding carboxylic acids is 2. The van der Waals surface area contributed by atoms with Crippen molar-refractivity contribution in [3.63, 3.8) is 0 Å². The first-order chi connectivity index (χ1) is 10.9. The van der Waals surface area contributed by atoms with Crippen LogP contribution in [0.3, 0.4) is 0 Å². The maximum Gasteiger partial charge on any atom is 0.139 e. The van der Waals surface area contributed by atoms with Crippen LogP contribution in [0.1, 0.15) is 38.2 Å². The normalized spacial score (nSPS) is 27.7. The zero-order chi connectivity index (χ0) is 17.0. The Kier molecular flexibility index (Phi) is 6.05. The minimum Gasteiger partial charge on any atom is -0.303 e. The Morgan fingerprint density at radius 3 is 2.65 bits per heavy atom. The van der Waals surface area contributed by atoms with Crippen molar-refractivity contribution in [2.75, 3.05) is 0 Å². The van der Waals surface area contributed by atoms with Crippen molar-refractivity contribution in [3.05, 3.63) is 46.5 Å². The fourth-order valence-electron chi connectivity index (χ4n) is 3.88. The predicted molar refractivity (Wildman–Crippen MR) is 95.0 cm³/mol. The highest BCUT2D eigenvalue weighted by atomic mass is 35.5. The first kappa shape index (κ1) is 18.2. The lowest BCUT2D eigenvalue weighted by atomic mass is 9.61. The molecule has 0 amide bonds. The molecule has 1 saturated carbocycles. The van der Waals surface area contributed by atoms with Crippen LogP contribution < -0.4 is 0 Å². The number of allylic oxidation sites excluding steroid dienone is 1. The summed E-state index contributed by atoms with van der Waals surface area (Å²) in [6.07, 6.45) is 6.12. The molecule has 124 valence electrons. The van der Waals surface area contributed by atoms with Crippen LogP contribution in [0.2, 0.25) is 10.0 Å². The van der Waals surface area contributed by atoms with E-state index in [4.69, 9.17) is 23.2 Å².